The summed E-state index contributed by atoms with van der Waals surface area (Å²) in [5, 5.41) is 1.33. The van der Waals surface area contributed by atoms with E-state index < -0.39 is 5.41 Å². The fraction of sp³-hybridized carbons (Fsp3) is 0.345. The number of methoxy groups -OCH3 is 2. The Morgan fingerprint density at radius 2 is 1.60 bits per heavy atom. The van der Waals surface area contributed by atoms with Crippen molar-refractivity contribution in [3.63, 3.8) is 0 Å². The summed E-state index contributed by atoms with van der Waals surface area (Å²) in [6.45, 7) is 0.619. The van der Waals surface area contributed by atoms with Gasteiger partial charge >= 0.3 is 0 Å². The summed E-state index contributed by atoms with van der Waals surface area (Å²) in [5.41, 5.74) is 3.70. The van der Waals surface area contributed by atoms with Crippen molar-refractivity contribution in [2.24, 2.45) is 0 Å². The van der Waals surface area contributed by atoms with Crippen LogP contribution in [0.2, 0.25) is 10.0 Å². The second kappa shape index (κ2) is 9.75. The fourth-order valence-corrected chi connectivity index (χ4v) is 6.17. The predicted octanol–water partition coefficient (Wildman–Crippen LogP) is 7.00. The van der Waals surface area contributed by atoms with Gasteiger partial charge in [0.1, 0.15) is 0 Å². The molecule has 4 nitrogen and oxygen atoms in total. The van der Waals surface area contributed by atoms with E-state index >= 15 is 0 Å². The summed E-state index contributed by atoms with van der Waals surface area (Å²) in [5.74, 6) is 1.52. The SMILES string of the molecule is COc1cc2c(cc1OC)[C@H](c1cccc(Cl)c1)N(C(=O)C1(c3ccc(Cl)cc3)CCCC1)CC2. The Balaban J connectivity index is 1.65. The average Bonchev–Trinajstić information content (AvgIpc) is 3.38. The summed E-state index contributed by atoms with van der Waals surface area (Å²) in [4.78, 5) is 16.6. The van der Waals surface area contributed by atoms with Crippen molar-refractivity contribution in [3.05, 3.63) is 93.0 Å². The summed E-state index contributed by atoms with van der Waals surface area (Å²) in [6.07, 6.45) is 4.49. The molecular formula is C29H29Cl2NO3. The van der Waals surface area contributed by atoms with Crippen LogP contribution in [-0.2, 0) is 16.6 Å². The lowest BCUT2D eigenvalue weighted by molar-refractivity contribution is -0.139. The second-order valence-corrected chi connectivity index (χ2v) is 10.3. The number of carbonyl (C=O) groups is 1. The Labute approximate surface area is 216 Å². The standard InChI is InChI=1S/C29H29Cl2NO3/c1-34-25-17-19-12-15-32(27(24(19)18-26(25)35-2)20-6-5-7-23(31)16-20)28(33)29(13-3-4-14-29)21-8-10-22(30)11-9-21/h5-11,16-18,27H,3-4,12-15H2,1-2H3/t27-/m0/s1. The van der Waals surface area contributed by atoms with Gasteiger partial charge in [-0.25, -0.2) is 0 Å². The molecule has 0 bridgehead atoms. The first-order valence-electron chi connectivity index (χ1n) is 12.0. The molecule has 1 aliphatic carbocycles. The summed E-state index contributed by atoms with van der Waals surface area (Å²) < 4.78 is 11.2. The lowest BCUT2D eigenvalue weighted by Crippen LogP contribution is -2.49. The van der Waals surface area contributed by atoms with Crippen LogP contribution in [0.15, 0.2) is 60.7 Å². The van der Waals surface area contributed by atoms with Gasteiger partial charge in [0, 0.05) is 16.6 Å². The van der Waals surface area contributed by atoms with Crippen LogP contribution in [0.1, 0.15) is 54.0 Å². The predicted molar refractivity (Wildman–Crippen MR) is 140 cm³/mol. The molecular weight excluding hydrogens is 481 g/mol. The van der Waals surface area contributed by atoms with E-state index in [9.17, 15) is 4.79 Å². The third-order valence-electron chi connectivity index (χ3n) is 7.56. The van der Waals surface area contributed by atoms with Crippen molar-refractivity contribution in [2.75, 3.05) is 20.8 Å². The third kappa shape index (κ3) is 4.28. The Bertz CT molecular complexity index is 1240. The summed E-state index contributed by atoms with van der Waals surface area (Å²) in [6, 6.07) is 19.4. The Kier molecular flexibility index (Phi) is 6.69. The van der Waals surface area contributed by atoms with Crippen molar-refractivity contribution in [1.29, 1.82) is 0 Å². The van der Waals surface area contributed by atoms with E-state index in [-0.39, 0.29) is 11.9 Å². The van der Waals surface area contributed by atoms with E-state index in [4.69, 9.17) is 32.7 Å². The molecule has 1 heterocycles. The molecule has 2 aliphatic rings. The maximum Gasteiger partial charge on any atom is 0.234 e. The first-order valence-corrected chi connectivity index (χ1v) is 12.8. The van der Waals surface area contributed by atoms with E-state index in [2.05, 4.69) is 4.90 Å². The normalized spacial score (nSPS) is 18.7. The van der Waals surface area contributed by atoms with Gasteiger partial charge < -0.3 is 14.4 Å². The number of ether oxygens (including phenoxy) is 2. The molecule has 0 unspecified atom stereocenters. The topological polar surface area (TPSA) is 38.8 Å². The molecule has 0 saturated heterocycles. The average molecular weight is 510 g/mol. The number of hydrogen-bond donors (Lipinski definition) is 0. The second-order valence-electron chi connectivity index (χ2n) is 9.41. The number of rotatable bonds is 5. The molecule has 3 aromatic carbocycles. The van der Waals surface area contributed by atoms with E-state index in [1.807, 2.05) is 60.7 Å². The van der Waals surface area contributed by atoms with Gasteiger partial charge in [-0.15, -0.1) is 0 Å². The maximum absolute atomic E-state index is 14.6. The largest absolute Gasteiger partial charge is 0.493 e. The van der Waals surface area contributed by atoms with Gasteiger partial charge in [-0.2, -0.15) is 0 Å². The van der Waals surface area contributed by atoms with Crippen molar-refractivity contribution in [1.82, 2.24) is 4.90 Å². The number of nitrogens with zero attached hydrogens (tertiary/aromatic N) is 1. The van der Waals surface area contributed by atoms with Crippen LogP contribution in [0.25, 0.3) is 0 Å². The first kappa shape index (κ1) is 24.0. The lowest BCUT2D eigenvalue weighted by Gasteiger charge is -2.43. The minimum atomic E-state index is -0.546. The Hall–Kier alpha value is -2.69. The number of benzene rings is 3. The van der Waals surface area contributed by atoms with Crippen LogP contribution in [0.5, 0.6) is 11.5 Å². The van der Waals surface area contributed by atoms with Gasteiger partial charge in [0.05, 0.1) is 25.7 Å². The maximum atomic E-state index is 14.6. The molecule has 1 saturated carbocycles. The Morgan fingerprint density at radius 1 is 0.914 bits per heavy atom. The smallest absolute Gasteiger partial charge is 0.234 e. The van der Waals surface area contributed by atoms with Gasteiger partial charge in [-0.3, -0.25) is 4.79 Å². The molecule has 0 spiro atoms. The molecule has 3 aromatic rings. The summed E-state index contributed by atoms with van der Waals surface area (Å²) >= 11 is 12.6. The lowest BCUT2D eigenvalue weighted by atomic mass is 9.76. The monoisotopic (exact) mass is 509 g/mol. The molecule has 0 radical (unpaired) electrons. The van der Waals surface area contributed by atoms with Crippen molar-refractivity contribution in [3.8, 4) is 11.5 Å². The van der Waals surface area contributed by atoms with Crippen LogP contribution in [0, 0.1) is 0 Å². The number of carbonyl (C=O) groups excluding carboxylic acids is 1. The minimum absolute atomic E-state index is 0.169. The fourth-order valence-electron chi connectivity index (χ4n) is 5.85. The zero-order chi connectivity index (χ0) is 24.6. The highest BCUT2D eigenvalue weighted by Gasteiger charge is 2.47. The van der Waals surface area contributed by atoms with Crippen molar-refractivity contribution in [2.45, 2.75) is 43.6 Å². The molecule has 1 aliphatic heterocycles. The van der Waals surface area contributed by atoms with Crippen LogP contribution < -0.4 is 9.47 Å². The van der Waals surface area contributed by atoms with Crippen molar-refractivity contribution >= 4 is 29.1 Å². The van der Waals surface area contributed by atoms with Gasteiger partial charge in [0.2, 0.25) is 5.91 Å². The highest BCUT2D eigenvalue weighted by molar-refractivity contribution is 6.30. The third-order valence-corrected chi connectivity index (χ3v) is 8.05. The van der Waals surface area contributed by atoms with Crippen LogP contribution in [-0.4, -0.2) is 31.6 Å². The highest BCUT2D eigenvalue weighted by Crippen LogP contribution is 2.47. The molecule has 1 atom stereocenters. The van der Waals surface area contributed by atoms with Gasteiger partial charge in [-0.1, -0.05) is 60.3 Å². The molecule has 0 N–H and O–H groups in total. The molecule has 35 heavy (non-hydrogen) atoms. The molecule has 1 amide bonds. The van der Waals surface area contributed by atoms with E-state index in [0.29, 0.717) is 28.1 Å². The number of hydrogen-bond acceptors (Lipinski definition) is 3. The molecule has 0 aromatic heterocycles. The molecule has 1 fully saturated rings. The molecule has 5 rings (SSSR count). The van der Waals surface area contributed by atoms with Gasteiger partial charge in [-0.05, 0) is 77.9 Å². The quantitative estimate of drug-likeness (QED) is 0.371. The van der Waals surface area contributed by atoms with Gasteiger partial charge in [0.25, 0.3) is 0 Å². The zero-order valence-corrected chi connectivity index (χ0v) is 21.5. The van der Waals surface area contributed by atoms with Crippen molar-refractivity contribution < 1.29 is 14.3 Å². The Morgan fingerprint density at radius 3 is 2.26 bits per heavy atom. The number of amides is 1. The molecule has 6 heteroatoms. The number of halogens is 2. The van der Waals surface area contributed by atoms with E-state index in [0.717, 1.165) is 54.4 Å². The van der Waals surface area contributed by atoms with Gasteiger partial charge in [0.15, 0.2) is 11.5 Å². The highest BCUT2D eigenvalue weighted by atomic mass is 35.5. The van der Waals surface area contributed by atoms with E-state index in [1.54, 1.807) is 14.2 Å². The van der Waals surface area contributed by atoms with Crippen LogP contribution >= 0.6 is 23.2 Å². The van der Waals surface area contributed by atoms with E-state index in [1.165, 1.54) is 0 Å². The molecule has 182 valence electrons. The zero-order valence-electron chi connectivity index (χ0n) is 20.0. The van der Waals surface area contributed by atoms with Crippen LogP contribution in [0.4, 0.5) is 0 Å². The summed E-state index contributed by atoms with van der Waals surface area (Å²) in [7, 11) is 3.28. The first-order chi connectivity index (χ1) is 17.0. The number of fused-ring (bicyclic) bond motifs is 1. The minimum Gasteiger partial charge on any atom is -0.493 e. The van der Waals surface area contributed by atoms with Crippen LogP contribution in [0.3, 0.4) is 0 Å².